The van der Waals surface area contributed by atoms with Crippen LogP contribution >= 0.6 is 0 Å². The summed E-state index contributed by atoms with van der Waals surface area (Å²) in [4.78, 5) is 51.9. The fraction of sp³-hybridized carbons (Fsp3) is 0.263. The monoisotopic (exact) mass is 338 g/mol. The van der Waals surface area contributed by atoms with Crippen molar-refractivity contribution >= 4 is 35.0 Å². The van der Waals surface area contributed by atoms with E-state index >= 15 is 0 Å². The highest BCUT2D eigenvalue weighted by atomic mass is 16.2. The molecule has 6 heteroatoms. The number of carbonyl (C=O) groups excluding carboxylic acids is 4. The highest BCUT2D eigenvalue weighted by Crippen LogP contribution is 2.40. The lowest BCUT2D eigenvalue weighted by atomic mass is 10.0. The molecule has 0 fully saturated rings. The van der Waals surface area contributed by atoms with Gasteiger partial charge in [0.25, 0.3) is 23.6 Å². The zero-order valence-corrected chi connectivity index (χ0v) is 14.5. The van der Waals surface area contributed by atoms with Crippen LogP contribution in [-0.2, 0) is 25.6 Å². The van der Waals surface area contributed by atoms with E-state index in [4.69, 9.17) is 0 Å². The van der Waals surface area contributed by atoms with Gasteiger partial charge in [-0.25, -0.2) is 9.80 Å². The molecule has 25 heavy (non-hydrogen) atoms. The molecule has 2 heterocycles. The van der Waals surface area contributed by atoms with Crippen LogP contribution in [0.25, 0.3) is 0 Å². The van der Waals surface area contributed by atoms with Gasteiger partial charge in [0.2, 0.25) is 0 Å². The minimum Gasteiger partial charge on any atom is -0.269 e. The SMILES string of the molecule is CCc1ccc(C)c(N2C(=O)C=C(C)C2=O)c1N1C(=O)C=C(C)C1=O. The molecule has 0 radical (unpaired) electrons. The van der Waals surface area contributed by atoms with Gasteiger partial charge in [0.05, 0.1) is 11.4 Å². The second-order valence-electron chi connectivity index (χ2n) is 6.20. The van der Waals surface area contributed by atoms with Crippen molar-refractivity contribution in [3.63, 3.8) is 0 Å². The molecular formula is C19H18N2O4. The quantitative estimate of drug-likeness (QED) is 0.792. The number of aryl methyl sites for hydroxylation is 2. The lowest BCUT2D eigenvalue weighted by Gasteiger charge is -2.27. The zero-order chi connectivity index (χ0) is 18.5. The van der Waals surface area contributed by atoms with E-state index in [9.17, 15) is 19.2 Å². The minimum absolute atomic E-state index is 0.298. The third kappa shape index (κ3) is 2.41. The summed E-state index contributed by atoms with van der Waals surface area (Å²) < 4.78 is 0. The van der Waals surface area contributed by atoms with Crippen LogP contribution in [0.2, 0.25) is 0 Å². The predicted molar refractivity (Wildman–Crippen MR) is 93.1 cm³/mol. The number of anilines is 2. The number of rotatable bonds is 3. The second-order valence-corrected chi connectivity index (χ2v) is 6.20. The maximum absolute atomic E-state index is 12.5. The maximum Gasteiger partial charge on any atom is 0.261 e. The van der Waals surface area contributed by atoms with Crippen LogP contribution in [0.5, 0.6) is 0 Å². The Morgan fingerprint density at radius 3 is 1.64 bits per heavy atom. The van der Waals surface area contributed by atoms with Crippen LogP contribution in [0.4, 0.5) is 11.4 Å². The van der Waals surface area contributed by atoms with Gasteiger partial charge in [0.15, 0.2) is 0 Å². The van der Waals surface area contributed by atoms with Gasteiger partial charge >= 0.3 is 0 Å². The Labute approximate surface area is 145 Å². The van der Waals surface area contributed by atoms with E-state index in [1.165, 1.54) is 12.2 Å². The molecule has 0 aliphatic carbocycles. The molecule has 0 spiro atoms. The van der Waals surface area contributed by atoms with Crippen LogP contribution in [0, 0.1) is 6.92 Å². The van der Waals surface area contributed by atoms with E-state index in [-0.39, 0.29) is 0 Å². The largest absolute Gasteiger partial charge is 0.269 e. The summed E-state index contributed by atoms with van der Waals surface area (Å²) in [7, 11) is 0. The molecule has 1 aromatic rings. The number of hydrogen-bond acceptors (Lipinski definition) is 4. The summed E-state index contributed by atoms with van der Waals surface area (Å²) in [5.74, 6) is -1.81. The molecule has 2 aliphatic heterocycles. The summed E-state index contributed by atoms with van der Waals surface area (Å²) in [5.41, 5.74) is 2.62. The van der Waals surface area contributed by atoms with Crippen molar-refractivity contribution in [1.82, 2.24) is 0 Å². The van der Waals surface area contributed by atoms with Crippen molar-refractivity contribution < 1.29 is 19.2 Å². The van der Waals surface area contributed by atoms with Gasteiger partial charge in [0.1, 0.15) is 0 Å². The molecule has 0 unspecified atom stereocenters. The van der Waals surface area contributed by atoms with Crippen LogP contribution in [0.3, 0.4) is 0 Å². The van der Waals surface area contributed by atoms with Gasteiger partial charge in [-0.2, -0.15) is 0 Å². The number of imide groups is 2. The second kappa shape index (κ2) is 5.81. The first-order valence-corrected chi connectivity index (χ1v) is 8.03. The van der Waals surface area contributed by atoms with Gasteiger partial charge in [-0.15, -0.1) is 0 Å². The Morgan fingerprint density at radius 1 is 0.760 bits per heavy atom. The molecule has 1 aromatic carbocycles. The number of benzene rings is 1. The fourth-order valence-corrected chi connectivity index (χ4v) is 3.14. The third-order valence-corrected chi connectivity index (χ3v) is 4.47. The Balaban J connectivity index is 2.27. The number of carbonyl (C=O) groups is 4. The average molecular weight is 338 g/mol. The van der Waals surface area contributed by atoms with Crippen LogP contribution < -0.4 is 9.80 Å². The molecule has 0 atom stereocenters. The highest BCUT2D eigenvalue weighted by Gasteiger charge is 2.39. The van der Waals surface area contributed by atoms with Crippen molar-refractivity contribution in [2.45, 2.75) is 34.1 Å². The van der Waals surface area contributed by atoms with Gasteiger partial charge in [0, 0.05) is 23.3 Å². The summed E-state index contributed by atoms with van der Waals surface area (Å²) in [6.07, 6.45) is 3.08. The minimum atomic E-state index is -0.469. The molecule has 128 valence electrons. The van der Waals surface area contributed by atoms with Crippen LogP contribution in [-0.4, -0.2) is 23.6 Å². The molecule has 0 aromatic heterocycles. The van der Waals surface area contributed by atoms with Gasteiger partial charge in [-0.1, -0.05) is 19.1 Å². The molecule has 4 amide bonds. The lowest BCUT2D eigenvalue weighted by molar-refractivity contribution is -0.122. The first kappa shape index (κ1) is 16.8. The van der Waals surface area contributed by atoms with Crippen molar-refractivity contribution in [2.24, 2.45) is 0 Å². The molecule has 0 bridgehead atoms. The number of nitrogens with zero attached hydrogens (tertiary/aromatic N) is 2. The standard InChI is InChI=1S/C19H18N2O4/c1-5-13-7-6-10(2)16(20-14(22)8-11(3)18(20)24)17(13)21-15(23)9-12(4)19(21)25/h6-9H,5H2,1-4H3. The van der Waals surface area contributed by atoms with Gasteiger partial charge in [-0.3, -0.25) is 19.2 Å². The Kier molecular flexibility index (Phi) is 3.91. The normalized spacial score (nSPS) is 17.6. The highest BCUT2D eigenvalue weighted by molar-refractivity contribution is 6.35. The topological polar surface area (TPSA) is 74.8 Å². The van der Waals surface area contributed by atoms with E-state index in [0.29, 0.717) is 34.5 Å². The summed E-state index contributed by atoms with van der Waals surface area (Å²) in [6, 6.07) is 3.60. The van der Waals surface area contributed by atoms with Crippen molar-refractivity contribution in [2.75, 3.05) is 9.80 Å². The molecule has 0 saturated heterocycles. The molecule has 0 N–H and O–H groups in total. The van der Waals surface area contributed by atoms with E-state index in [2.05, 4.69) is 0 Å². The van der Waals surface area contributed by atoms with Gasteiger partial charge in [-0.05, 0) is 38.3 Å². The average Bonchev–Trinajstić information content (AvgIpc) is 2.95. The number of amides is 4. The van der Waals surface area contributed by atoms with Crippen LogP contribution in [0.15, 0.2) is 35.4 Å². The molecule has 0 saturated carbocycles. The van der Waals surface area contributed by atoms with Crippen molar-refractivity contribution in [3.05, 3.63) is 46.6 Å². The lowest BCUT2D eigenvalue weighted by Crippen LogP contribution is -2.37. The summed E-state index contributed by atoms with van der Waals surface area (Å²) in [6.45, 7) is 6.77. The predicted octanol–water partition coefficient (Wildman–Crippen LogP) is 2.20. The Hall–Kier alpha value is -3.02. The van der Waals surface area contributed by atoms with E-state index in [0.717, 1.165) is 15.4 Å². The van der Waals surface area contributed by atoms with Crippen molar-refractivity contribution in [3.8, 4) is 0 Å². The molecular weight excluding hydrogens is 320 g/mol. The Morgan fingerprint density at radius 2 is 1.24 bits per heavy atom. The van der Waals surface area contributed by atoms with Gasteiger partial charge < -0.3 is 0 Å². The van der Waals surface area contributed by atoms with Crippen LogP contribution in [0.1, 0.15) is 31.9 Å². The van der Waals surface area contributed by atoms with E-state index in [1.54, 1.807) is 26.8 Å². The number of hydrogen-bond donors (Lipinski definition) is 0. The zero-order valence-electron chi connectivity index (χ0n) is 14.5. The molecule has 6 nitrogen and oxygen atoms in total. The first-order chi connectivity index (χ1) is 11.8. The van der Waals surface area contributed by atoms with Crippen molar-refractivity contribution in [1.29, 1.82) is 0 Å². The smallest absolute Gasteiger partial charge is 0.261 e. The summed E-state index contributed by atoms with van der Waals surface area (Å²) >= 11 is 0. The van der Waals surface area contributed by atoms with E-state index < -0.39 is 23.6 Å². The third-order valence-electron chi connectivity index (χ3n) is 4.47. The first-order valence-electron chi connectivity index (χ1n) is 8.03. The maximum atomic E-state index is 12.5. The molecule has 3 rings (SSSR count). The Bertz CT molecular complexity index is 908. The summed E-state index contributed by atoms with van der Waals surface area (Å²) in [5, 5.41) is 0. The fourth-order valence-electron chi connectivity index (χ4n) is 3.14. The van der Waals surface area contributed by atoms with E-state index in [1.807, 2.05) is 13.0 Å². The molecule has 2 aliphatic rings.